The number of nitrogens with one attached hydrogen (secondary N) is 1. The van der Waals surface area contributed by atoms with E-state index in [-0.39, 0.29) is 6.03 Å². The molecule has 0 bridgehead atoms. The van der Waals surface area contributed by atoms with E-state index in [0.29, 0.717) is 26.4 Å². The fourth-order valence-electron chi connectivity index (χ4n) is 2.00. The zero-order chi connectivity index (χ0) is 16.5. The van der Waals surface area contributed by atoms with Crippen LogP contribution in [0.5, 0.6) is 0 Å². The van der Waals surface area contributed by atoms with Gasteiger partial charge in [0.15, 0.2) is 0 Å². The quantitative estimate of drug-likeness (QED) is 0.760. The first-order valence-electron chi connectivity index (χ1n) is 7.39. The average Bonchev–Trinajstić information content (AvgIpc) is 3.05. The van der Waals surface area contributed by atoms with Gasteiger partial charge in [-0.3, -0.25) is 0 Å². The van der Waals surface area contributed by atoms with Crippen molar-refractivity contribution < 1.29 is 18.7 Å². The zero-order valence-electron chi connectivity index (χ0n) is 13.5. The van der Waals surface area contributed by atoms with Gasteiger partial charge in [-0.25, -0.2) is 4.79 Å². The fourth-order valence-corrected chi connectivity index (χ4v) is 2.00. The van der Waals surface area contributed by atoms with Crippen LogP contribution in [-0.4, -0.2) is 38.3 Å². The Kier molecular flexibility index (Phi) is 6.65. The van der Waals surface area contributed by atoms with Crippen LogP contribution in [0.3, 0.4) is 0 Å². The molecule has 2 amide bonds. The van der Waals surface area contributed by atoms with E-state index in [0.717, 1.165) is 17.0 Å². The standard InChI is InChI=1S/C17H22N2O4/c1-19(12-16-7-4-8-23-16)17(20)18-15-6-3-5-14(11-15)13-22-10-9-21-2/h3-8,11H,9-10,12-13H2,1-2H3,(H,18,20). The summed E-state index contributed by atoms with van der Waals surface area (Å²) >= 11 is 0. The van der Waals surface area contributed by atoms with Crippen molar-refractivity contribution >= 4 is 11.7 Å². The molecule has 0 spiro atoms. The van der Waals surface area contributed by atoms with Gasteiger partial charge < -0.3 is 24.1 Å². The van der Waals surface area contributed by atoms with Crippen molar-refractivity contribution in [3.63, 3.8) is 0 Å². The Morgan fingerprint density at radius 1 is 1.26 bits per heavy atom. The number of nitrogens with zero attached hydrogens (tertiary/aromatic N) is 1. The summed E-state index contributed by atoms with van der Waals surface area (Å²) in [5.41, 5.74) is 1.72. The highest BCUT2D eigenvalue weighted by Crippen LogP contribution is 2.13. The Labute approximate surface area is 136 Å². The number of anilines is 1. The van der Waals surface area contributed by atoms with E-state index in [2.05, 4.69) is 5.32 Å². The van der Waals surface area contributed by atoms with Crippen LogP contribution < -0.4 is 5.32 Å². The van der Waals surface area contributed by atoms with E-state index in [1.165, 1.54) is 0 Å². The van der Waals surface area contributed by atoms with Gasteiger partial charge in [-0.1, -0.05) is 12.1 Å². The van der Waals surface area contributed by atoms with Crippen molar-refractivity contribution in [3.8, 4) is 0 Å². The number of hydrogen-bond donors (Lipinski definition) is 1. The number of furan rings is 1. The highest BCUT2D eigenvalue weighted by atomic mass is 16.5. The lowest BCUT2D eigenvalue weighted by Crippen LogP contribution is -2.30. The number of carbonyl (C=O) groups excluding carboxylic acids is 1. The van der Waals surface area contributed by atoms with Gasteiger partial charge in [0.25, 0.3) is 0 Å². The molecule has 1 aromatic carbocycles. The van der Waals surface area contributed by atoms with E-state index in [4.69, 9.17) is 13.9 Å². The molecule has 6 heteroatoms. The maximum absolute atomic E-state index is 12.2. The summed E-state index contributed by atoms with van der Waals surface area (Å²) in [5.74, 6) is 0.739. The average molecular weight is 318 g/mol. The monoisotopic (exact) mass is 318 g/mol. The molecule has 0 unspecified atom stereocenters. The molecule has 0 radical (unpaired) electrons. The SMILES string of the molecule is COCCOCc1cccc(NC(=O)N(C)Cc2ccco2)c1. The minimum Gasteiger partial charge on any atom is -0.467 e. The fraction of sp³-hybridized carbons (Fsp3) is 0.353. The molecule has 6 nitrogen and oxygen atoms in total. The first-order chi connectivity index (χ1) is 11.2. The summed E-state index contributed by atoms with van der Waals surface area (Å²) in [6, 6.07) is 11.0. The van der Waals surface area contributed by atoms with Gasteiger partial charge in [-0.05, 0) is 29.8 Å². The minimum atomic E-state index is -0.196. The molecule has 0 fully saturated rings. The topological polar surface area (TPSA) is 63.9 Å². The number of carbonyl (C=O) groups is 1. The van der Waals surface area contributed by atoms with Crippen LogP contribution >= 0.6 is 0 Å². The number of ether oxygens (including phenoxy) is 2. The summed E-state index contributed by atoms with van der Waals surface area (Å²) in [4.78, 5) is 13.7. The second-order valence-electron chi connectivity index (χ2n) is 5.11. The minimum absolute atomic E-state index is 0.196. The smallest absolute Gasteiger partial charge is 0.321 e. The van der Waals surface area contributed by atoms with Gasteiger partial charge in [-0.15, -0.1) is 0 Å². The predicted molar refractivity (Wildman–Crippen MR) is 87.2 cm³/mol. The molecule has 1 N–H and O–H groups in total. The van der Waals surface area contributed by atoms with Crippen molar-refractivity contribution in [2.45, 2.75) is 13.2 Å². The second-order valence-corrected chi connectivity index (χ2v) is 5.11. The Morgan fingerprint density at radius 3 is 2.87 bits per heavy atom. The van der Waals surface area contributed by atoms with Crippen molar-refractivity contribution in [1.82, 2.24) is 4.90 Å². The van der Waals surface area contributed by atoms with E-state index in [9.17, 15) is 4.79 Å². The lowest BCUT2D eigenvalue weighted by Gasteiger charge is -2.17. The molecule has 0 aliphatic heterocycles. The molecule has 1 heterocycles. The number of rotatable bonds is 8. The molecule has 2 aromatic rings. The van der Waals surface area contributed by atoms with Crippen molar-refractivity contribution in [3.05, 3.63) is 54.0 Å². The Bertz CT molecular complexity index is 598. The van der Waals surface area contributed by atoms with E-state index in [1.807, 2.05) is 30.3 Å². The third-order valence-electron chi connectivity index (χ3n) is 3.20. The molecule has 0 saturated heterocycles. The molecule has 1 aromatic heterocycles. The van der Waals surface area contributed by atoms with Crippen LogP contribution in [-0.2, 0) is 22.6 Å². The summed E-state index contributed by atoms with van der Waals surface area (Å²) in [7, 11) is 3.36. The molecular weight excluding hydrogens is 296 g/mol. The van der Waals surface area contributed by atoms with Crippen LogP contribution in [0.1, 0.15) is 11.3 Å². The molecule has 23 heavy (non-hydrogen) atoms. The summed E-state index contributed by atoms with van der Waals surface area (Å²) in [5, 5.41) is 2.86. The van der Waals surface area contributed by atoms with Gasteiger partial charge in [-0.2, -0.15) is 0 Å². The Morgan fingerprint density at radius 2 is 2.13 bits per heavy atom. The summed E-state index contributed by atoms with van der Waals surface area (Å²) in [6.07, 6.45) is 1.59. The molecule has 0 aliphatic rings. The van der Waals surface area contributed by atoms with Gasteiger partial charge >= 0.3 is 6.03 Å². The van der Waals surface area contributed by atoms with Crippen LogP contribution in [0.4, 0.5) is 10.5 Å². The molecule has 124 valence electrons. The normalized spacial score (nSPS) is 10.5. The molecule has 0 aliphatic carbocycles. The highest BCUT2D eigenvalue weighted by molar-refractivity contribution is 5.89. The maximum atomic E-state index is 12.2. The van der Waals surface area contributed by atoms with Crippen molar-refractivity contribution in [2.75, 3.05) is 32.7 Å². The van der Waals surface area contributed by atoms with Crippen LogP contribution in [0.25, 0.3) is 0 Å². The molecular formula is C17H22N2O4. The van der Waals surface area contributed by atoms with Gasteiger partial charge in [0.05, 0.1) is 32.6 Å². The van der Waals surface area contributed by atoms with Crippen molar-refractivity contribution in [2.24, 2.45) is 0 Å². The zero-order valence-corrected chi connectivity index (χ0v) is 13.5. The first-order valence-corrected chi connectivity index (χ1v) is 7.39. The first kappa shape index (κ1) is 17.1. The van der Waals surface area contributed by atoms with E-state index >= 15 is 0 Å². The number of hydrogen-bond acceptors (Lipinski definition) is 4. The largest absolute Gasteiger partial charge is 0.467 e. The molecule has 0 saturated carbocycles. The summed E-state index contributed by atoms with van der Waals surface area (Å²) < 4.78 is 15.6. The van der Waals surface area contributed by atoms with Gasteiger partial charge in [0.1, 0.15) is 5.76 Å². The Hall–Kier alpha value is -2.31. The van der Waals surface area contributed by atoms with E-state index < -0.39 is 0 Å². The molecule has 2 rings (SSSR count). The lowest BCUT2D eigenvalue weighted by atomic mass is 10.2. The van der Waals surface area contributed by atoms with E-state index in [1.54, 1.807) is 31.4 Å². The number of methoxy groups -OCH3 is 1. The highest BCUT2D eigenvalue weighted by Gasteiger charge is 2.11. The van der Waals surface area contributed by atoms with Crippen LogP contribution in [0.15, 0.2) is 47.1 Å². The lowest BCUT2D eigenvalue weighted by molar-refractivity contribution is 0.0617. The number of amides is 2. The second kappa shape index (κ2) is 8.97. The third kappa shape index (κ3) is 5.77. The predicted octanol–water partition coefficient (Wildman–Crippen LogP) is 3.11. The number of benzene rings is 1. The molecule has 0 atom stereocenters. The summed E-state index contributed by atoms with van der Waals surface area (Å²) in [6.45, 7) is 2.00. The Balaban J connectivity index is 1.85. The van der Waals surface area contributed by atoms with Crippen LogP contribution in [0, 0.1) is 0 Å². The maximum Gasteiger partial charge on any atom is 0.321 e. The van der Waals surface area contributed by atoms with Gasteiger partial charge in [0.2, 0.25) is 0 Å². The van der Waals surface area contributed by atoms with Gasteiger partial charge in [0, 0.05) is 19.8 Å². The van der Waals surface area contributed by atoms with Crippen molar-refractivity contribution in [1.29, 1.82) is 0 Å². The van der Waals surface area contributed by atoms with Crippen LogP contribution in [0.2, 0.25) is 0 Å². The third-order valence-corrected chi connectivity index (χ3v) is 3.20. The number of urea groups is 1.